The first-order valence-corrected chi connectivity index (χ1v) is 10.7. The molecule has 0 radical (unpaired) electrons. The van der Waals surface area contributed by atoms with Gasteiger partial charge in [-0.2, -0.15) is 0 Å². The molecule has 0 aliphatic carbocycles. The molecule has 1 amide bonds. The van der Waals surface area contributed by atoms with Gasteiger partial charge >= 0.3 is 0 Å². The molecule has 20 heavy (non-hydrogen) atoms. The maximum atomic E-state index is 12.8. The van der Waals surface area contributed by atoms with Crippen LogP contribution in [0.15, 0.2) is 34.5 Å². The minimum Gasteiger partial charge on any atom is -0.293 e. The van der Waals surface area contributed by atoms with E-state index >= 15 is 0 Å². The molecule has 1 aromatic carbocycles. The van der Waals surface area contributed by atoms with Crippen molar-refractivity contribution in [3.8, 4) is 0 Å². The molecule has 1 aromatic rings. The summed E-state index contributed by atoms with van der Waals surface area (Å²) in [6.45, 7) is 9.56. The number of hydrogen-bond donors (Lipinski definition) is 0. The van der Waals surface area contributed by atoms with Crippen LogP contribution in [-0.2, 0) is 4.79 Å². The topological polar surface area (TPSA) is 32.7 Å². The number of carbonyl (C=O) groups excluding carboxylic acids is 1. The Kier molecular flexibility index (Phi) is 2.94. The Morgan fingerprint density at radius 3 is 2.55 bits per heavy atom. The molecule has 0 saturated carbocycles. The summed E-state index contributed by atoms with van der Waals surface area (Å²) >= 11 is 0. The van der Waals surface area contributed by atoms with E-state index in [1.165, 1.54) is 0 Å². The summed E-state index contributed by atoms with van der Waals surface area (Å²) in [6.07, 6.45) is 0.952. The monoisotopic (exact) mass is 284 g/mol. The fourth-order valence-electron chi connectivity index (χ4n) is 2.98. The van der Waals surface area contributed by atoms with Gasteiger partial charge in [-0.05, 0) is 12.5 Å². The molecule has 2 aliphatic rings. The predicted octanol–water partition coefficient (Wildman–Crippen LogP) is 3.61. The van der Waals surface area contributed by atoms with Gasteiger partial charge in [-0.1, -0.05) is 44.8 Å². The molecule has 3 nitrogen and oxygen atoms in total. The summed E-state index contributed by atoms with van der Waals surface area (Å²) in [5.74, 6) is 1.07. The molecule has 0 bridgehead atoms. The Balaban J connectivity index is 2.23. The molecule has 0 unspecified atom stereocenters. The summed E-state index contributed by atoms with van der Waals surface area (Å²) in [7, 11) is -1.70. The zero-order valence-corrected chi connectivity index (χ0v) is 13.5. The van der Waals surface area contributed by atoms with Crippen molar-refractivity contribution in [2.24, 2.45) is 4.99 Å². The van der Waals surface area contributed by atoms with Gasteiger partial charge in [0.2, 0.25) is 0 Å². The van der Waals surface area contributed by atoms with Crippen molar-refractivity contribution in [2.75, 3.05) is 6.54 Å². The lowest BCUT2D eigenvalue weighted by atomic mass is 10.1. The fourth-order valence-corrected chi connectivity index (χ4v) is 4.75. The van der Waals surface area contributed by atoms with Crippen LogP contribution in [0.1, 0.15) is 18.9 Å². The minimum atomic E-state index is -1.70. The number of hydrogen-bond acceptors (Lipinski definition) is 2. The van der Waals surface area contributed by atoms with E-state index in [0.29, 0.717) is 0 Å². The van der Waals surface area contributed by atoms with E-state index in [2.05, 4.69) is 32.6 Å². The van der Waals surface area contributed by atoms with Gasteiger partial charge < -0.3 is 0 Å². The Morgan fingerprint density at radius 1 is 1.20 bits per heavy atom. The number of rotatable bonds is 3. The lowest BCUT2D eigenvalue weighted by molar-refractivity contribution is -0.122. The molecular formula is C16H20N2OSi. The number of fused-ring (bicyclic) bond motifs is 3. The van der Waals surface area contributed by atoms with Gasteiger partial charge in [0.1, 0.15) is 5.84 Å². The van der Waals surface area contributed by atoms with Crippen molar-refractivity contribution < 1.29 is 4.79 Å². The van der Waals surface area contributed by atoms with Crippen molar-refractivity contribution in [3.05, 3.63) is 35.0 Å². The van der Waals surface area contributed by atoms with Crippen LogP contribution in [0.5, 0.6) is 0 Å². The van der Waals surface area contributed by atoms with Crippen LogP contribution in [0, 0.1) is 0 Å². The van der Waals surface area contributed by atoms with Gasteiger partial charge in [-0.25, -0.2) is 4.99 Å². The predicted molar refractivity (Wildman–Crippen MR) is 85.8 cm³/mol. The maximum absolute atomic E-state index is 12.8. The van der Waals surface area contributed by atoms with E-state index in [1.807, 2.05) is 23.1 Å². The van der Waals surface area contributed by atoms with Crippen molar-refractivity contribution in [1.29, 1.82) is 0 Å². The van der Waals surface area contributed by atoms with Crippen LogP contribution in [0.4, 0.5) is 5.69 Å². The SMILES string of the molecule is CCCN1C(=O)C([Si](C)(C)C)=C2C1=Nc1ccccc12. The van der Waals surface area contributed by atoms with Crippen LogP contribution in [0.3, 0.4) is 0 Å². The van der Waals surface area contributed by atoms with Crippen molar-refractivity contribution in [1.82, 2.24) is 4.90 Å². The molecule has 104 valence electrons. The Morgan fingerprint density at radius 2 is 1.90 bits per heavy atom. The maximum Gasteiger partial charge on any atom is 0.252 e. The van der Waals surface area contributed by atoms with Crippen LogP contribution in [-0.4, -0.2) is 31.3 Å². The van der Waals surface area contributed by atoms with E-state index < -0.39 is 8.07 Å². The number of amides is 1. The first-order valence-electron chi connectivity index (χ1n) is 7.20. The van der Waals surface area contributed by atoms with Gasteiger partial charge in [0.05, 0.1) is 13.8 Å². The second kappa shape index (κ2) is 4.41. The molecule has 0 fully saturated rings. The van der Waals surface area contributed by atoms with Crippen LogP contribution >= 0.6 is 0 Å². The number of nitrogens with zero attached hydrogens (tertiary/aromatic N) is 2. The zero-order chi connectivity index (χ0) is 14.5. The third-order valence-electron chi connectivity index (χ3n) is 3.79. The lowest BCUT2D eigenvalue weighted by Gasteiger charge is -2.20. The smallest absolute Gasteiger partial charge is 0.252 e. The molecule has 3 rings (SSSR count). The van der Waals surface area contributed by atoms with Gasteiger partial charge in [0.15, 0.2) is 0 Å². The molecule has 0 atom stereocenters. The molecule has 0 N–H and O–H groups in total. The number of carbonyl (C=O) groups is 1. The highest BCUT2D eigenvalue weighted by atomic mass is 28.3. The highest BCUT2D eigenvalue weighted by Gasteiger charge is 2.44. The summed E-state index contributed by atoms with van der Waals surface area (Å²) < 4.78 is 0. The Labute approximate surface area is 121 Å². The quantitative estimate of drug-likeness (QED) is 0.780. The molecule has 2 heterocycles. The highest BCUT2D eigenvalue weighted by molar-refractivity contribution is 6.90. The summed E-state index contributed by atoms with van der Waals surface area (Å²) in [5.41, 5.74) is 3.24. The lowest BCUT2D eigenvalue weighted by Crippen LogP contribution is -2.36. The van der Waals surface area contributed by atoms with E-state index in [4.69, 9.17) is 4.99 Å². The van der Waals surface area contributed by atoms with Crippen LogP contribution in [0.25, 0.3) is 5.57 Å². The van der Waals surface area contributed by atoms with Gasteiger partial charge in [0, 0.05) is 22.9 Å². The average molecular weight is 284 g/mol. The summed E-state index contributed by atoms with van der Waals surface area (Å²) in [4.78, 5) is 19.4. The molecule has 0 spiro atoms. The Hall–Kier alpha value is -1.68. The first kappa shape index (κ1) is 13.3. The third-order valence-corrected chi connectivity index (χ3v) is 5.75. The van der Waals surface area contributed by atoms with Crippen LogP contribution < -0.4 is 0 Å². The number of amidine groups is 1. The number of benzene rings is 1. The van der Waals surface area contributed by atoms with Crippen molar-refractivity contribution in [3.63, 3.8) is 0 Å². The molecule has 0 saturated heterocycles. The van der Waals surface area contributed by atoms with Gasteiger partial charge in [-0.3, -0.25) is 9.69 Å². The van der Waals surface area contributed by atoms with Gasteiger partial charge in [0.25, 0.3) is 5.91 Å². The third kappa shape index (κ3) is 1.78. The molecule has 2 aliphatic heterocycles. The highest BCUT2D eigenvalue weighted by Crippen LogP contribution is 2.44. The summed E-state index contributed by atoms with van der Waals surface area (Å²) in [6, 6.07) is 8.15. The molecule has 4 heteroatoms. The summed E-state index contributed by atoms with van der Waals surface area (Å²) in [5, 5.41) is 1.04. The number of para-hydroxylation sites is 1. The van der Waals surface area contributed by atoms with E-state index in [9.17, 15) is 4.79 Å². The average Bonchev–Trinajstić information content (AvgIpc) is 2.85. The van der Waals surface area contributed by atoms with Crippen LogP contribution in [0.2, 0.25) is 19.6 Å². The fraction of sp³-hybridized carbons (Fsp3) is 0.375. The normalized spacial score (nSPS) is 17.5. The van der Waals surface area contributed by atoms with Gasteiger partial charge in [-0.15, -0.1) is 0 Å². The molecular weight excluding hydrogens is 264 g/mol. The minimum absolute atomic E-state index is 0.189. The van der Waals surface area contributed by atoms with E-state index in [0.717, 1.165) is 40.8 Å². The number of aliphatic imine (C=N–C) groups is 1. The first-order chi connectivity index (χ1) is 9.45. The van der Waals surface area contributed by atoms with Crippen molar-refractivity contribution >= 4 is 31.1 Å². The Bertz CT molecular complexity index is 653. The second-order valence-corrected chi connectivity index (χ2v) is 11.4. The second-order valence-electron chi connectivity index (χ2n) is 6.41. The van der Waals surface area contributed by atoms with E-state index in [1.54, 1.807) is 0 Å². The zero-order valence-electron chi connectivity index (χ0n) is 12.5. The standard InChI is InChI=1S/C16H20N2OSi/c1-5-10-18-15-13(14(16(18)19)20(2,3)4)11-8-6-7-9-12(11)17-15/h6-9H,5,10H2,1-4H3. The largest absolute Gasteiger partial charge is 0.293 e. The van der Waals surface area contributed by atoms with Crippen molar-refractivity contribution in [2.45, 2.75) is 33.0 Å². The molecule has 0 aromatic heterocycles. The van der Waals surface area contributed by atoms with E-state index in [-0.39, 0.29) is 5.91 Å².